The molecule has 1 aliphatic rings. The van der Waals surface area contributed by atoms with Gasteiger partial charge in [-0.05, 0) is 19.8 Å². The van der Waals surface area contributed by atoms with Crippen LogP contribution < -0.4 is 5.32 Å². The van der Waals surface area contributed by atoms with E-state index in [-0.39, 0.29) is 19.0 Å². The maximum Gasteiger partial charge on any atom is 0.241 e. The molecule has 2 rings (SSSR count). The normalized spacial score (nSPS) is 17.1. The lowest BCUT2D eigenvalue weighted by molar-refractivity contribution is -0.122. The predicted molar refractivity (Wildman–Crippen MR) is 56.7 cm³/mol. The van der Waals surface area contributed by atoms with Gasteiger partial charge in [0.2, 0.25) is 5.91 Å². The molecule has 0 bridgehead atoms. The van der Waals surface area contributed by atoms with E-state index in [2.05, 4.69) is 15.6 Å². The molecular weight excluding hydrogens is 208 g/mol. The number of aliphatic hydroxyl groups excluding tert-OH is 1. The molecule has 1 aromatic heterocycles. The molecule has 1 fully saturated rings. The van der Waals surface area contributed by atoms with Gasteiger partial charge < -0.3 is 10.4 Å². The van der Waals surface area contributed by atoms with Gasteiger partial charge in [0.05, 0.1) is 11.8 Å². The van der Waals surface area contributed by atoms with Crippen LogP contribution in [0.5, 0.6) is 0 Å². The fourth-order valence-corrected chi connectivity index (χ4v) is 1.42. The molecule has 2 N–H and O–H groups in total. The first-order valence-corrected chi connectivity index (χ1v) is 5.50. The van der Waals surface area contributed by atoms with Gasteiger partial charge in [-0.15, -0.1) is 5.10 Å². The van der Waals surface area contributed by atoms with E-state index in [9.17, 15) is 4.79 Å². The van der Waals surface area contributed by atoms with Gasteiger partial charge in [0.25, 0.3) is 0 Å². The van der Waals surface area contributed by atoms with Crippen LogP contribution in [0.25, 0.3) is 0 Å². The Hall–Kier alpha value is -1.43. The summed E-state index contributed by atoms with van der Waals surface area (Å²) in [5.41, 5.74) is 0.975. The van der Waals surface area contributed by atoms with E-state index in [1.165, 1.54) is 17.5 Å². The van der Waals surface area contributed by atoms with Crippen molar-refractivity contribution in [2.24, 2.45) is 0 Å². The zero-order valence-corrected chi connectivity index (χ0v) is 9.26. The van der Waals surface area contributed by atoms with Crippen molar-refractivity contribution in [1.29, 1.82) is 0 Å². The number of amides is 1. The van der Waals surface area contributed by atoms with E-state index in [0.29, 0.717) is 5.92 Å². The first kappa shape index (κ1) is 11.1. The maximum absolute atomic E-state index is 11.4. The maximum atomic E-state index is 11.4. The van der Waals surface area contributed by atoms with Crippen molar-refractivity contribution in [2.75, 3.05) is 6.54 Å². The minimum Gasteiger partial charge on any atom is -0.392 e. The Morgan fingerprint density at radius 3 is 3.12 bits per heavy atom. The Bertz CT molecular complexity index is 371. The van der Waals surface area contributed by atoms with Gasteiger partial charge in [-0.25, -0.2) is 4.68 Å². The number of nitrogens with zero attached hydrogens (tertiary/aromatic N) is 3. The number of hydrogen-bond acceptors (Lipinski definition) is 4. The Morgan fingerprint density at radius 2 is 2.50 bits per heavy atom. The lowest BCUT2D eigenvalue weighted by Crippen LogP contribution is -2.33. The summed E-state index contributed by atoms with van der Waals surface area (Å²) >= 11 is 0. The number of carbonyl (C=O) groups excluding carboxylic acids is 1. The summed E-state index contributed by atoms with van der Waals surface area (Å²) in [6.45, 7) is 2.05. The standard InChI is InChI=1S/C10H16N4O2/c1-7(15)4-11-10(16)6-14-5-9(12-13-14)8-2-3-8/h5,7-8,15H,2-4,6H2,1H3,(H,11,16). The van der Waals surface area contributed by atoms with Crippen LogP contribution in [0.2, 0.25) is 0 Å². The molecule has 1 aromatic rings. The van der Waals surface area contributed by atoms with E-state index < -0.39 is 6.10 Å². The Kier molecular flexibility index (Phi) is 3.19. The SMILES string of the molecule is CC(O)CNC(=O)Cn1cc(C2CC2)nn1. The molecule has 1 heterocycles. The molecule has 6 heteroatoms. The largest absolute Gasteiger partial charge is 0.392 e. The minimum absolute atomic E-state index is 0.159. The first-order valence-electron chi connectivity index (χ1n) is 5.50. The summed E-state index contributed by atoms with van der Waals surface area (Å²) in [5, 5.41) is 19.5. The highest BCUT2D eigenvalue weighted by atomic mass is 16.3. The molecule has 1 aliphatic carbocycles. The molecule has 0 radical (unpaired) electrons. The predicted octanol–water partition coefficient (Wildman–Crippen LogP) is -0.348. The third-order valence-electron chi connectivity index (χ3n) is 2.45. The summed E-state index contributed by atoms with van der Waals surface area (Å²) in [7, 11) is 0. The van der Waals surface area contributed by atoms with Crippen LogP contribution in [-0.4, -0.2) is 38.7 Å². The quantitative estimate of drug-likeness (QED) is 0.716. The third-order valence-corrected chi connectivity index (χ3v) is 2.45. The van der Waals surface area contributed by atoms with E-state index >= 15 is 0 Å². The monoisotopic (exact) mass is 224 g/mol. The number of carbonyl (C=O) groups is 1. The minimum atomic E-state index is -0.526. The summed E-state index contributed by atoms with van der Waals surface area (Å²) in [5.74, 6) is 0.391. The number of aromatic nitrogens is 3. The van der Waals surface area contributed by atoms with Crippen LogP contribution in [0.1, 0.15) is 31.4 Å². The molecule has 1 atom stereocenters. The van der Waals surface area contributed by atoms with Crippen LogP contribution in [0, 0.1) is 0 Å². The second-order valence-electron chi connectivity index (χ2n) is 4.27. The van der Waals surface area contributed by atoms with Crippen molar-refractivity contribution < 1.29 is 9.90 Å². The molecule has 1 unspecified atom stereocenters. The van der Waals surface area contributed by atoms with Crippen molar-refractivity contribution in [1.82, 2.24) is 20.3 Å². The average Bonchev–Trinajstić information content (AvgIpc) is 2.98. The molecule has 0 aromatic carbocycles. The number of nitrogens with one attached hydrogen (secondary N) is 1. The average molecular weight is 224 g/mol. The smallest absolute Gasteiger partial charge is 0.241 e. The Balaban J connectivity index is 1.80. The van der Waals surface area contributed by atoms with Gasteiger partial charge in [0.15, 0.2) is 0 Å². The highest BCUT2D eigenvalue weighted by molar-refractivity contribution is 5.75. The topological polar surface area (TPSA) is 80.0 Å². The molecule has 0 aliphatic heterocycles. The van der Waals surface area contributed by atoms with Crippen molar-refractivity contribution in [3.05, 3.63) is 11.9 Å². The summed E-state index contributed by atoms with van der Waals surface area (Å²) in [6, 6.07) is 0. The highest BCUT2D eigenvalue weighted by Crippen LogP contribution is 2.38. The van der Waals surface area contributed by atoms with E-state index in [1.807, 2.05) is 6.20 Å². The number of hydrogen-bond donors (Lipinski definition) is 2. The van der Waals surface area contributed by atoms with Crippen molar-refractivity contribution in [2.45, 2.75) is 38.3 Å². The summed E-state index contributed by atoms with van der Waals surface area (Å²) in [6.07, 6.45) is 3.64. The van der Waals surface area contributed by atoms with Gasteiger partial charge in [0, 0.05) is 18.7 Å². The van der Waals surface area contributed by atoms with Gasteiger partial charge in [0.1, 0.15) is 6.54 Å². The fraction of sp³-hybridized carbons (Fsp3) is 0.700. The lowest BCUT2D eigenvalue weighted by Gasteiger charge is -2.06. The van der Waals surface area contributed by atoms with Crippen LogP contribution in [0.3, 0.4) is 0 Å². The third kappa shape index (κ3) is 3.03. The van der Waals surface area contributed by atoms with E-state index in [0.717, 1.165) is 5.69 Å². The summed E-state index contributed by atoms with van der Waals surface area (Å²) < 4.78 is 1.53. The van der Waals surface area contributed by atoms with Gasteiger partial charge >= 0.3 is 0 Å². The van der Waals surface area contributed by atoms with Crippen molar-refractivity contribution >= 4 is 5.91 Å². The van der Waals surface area contributed by atoms with Crippen LogP contribution >= 0.6 is 0 Å². The van der Waals surface area contributed by atoms with Crippen LogP contribution in [-0.2, 0) is 11.3 Å². The second kappa shape index (κ2) is 4.61. The van der Waals surface area contributed by atoms with Crippen LogP contribution in [0.4, 0.5) is 0 Å². The zero-order valence-electron chi connectivity index (χ0n) is 9.26. The Morgan fingerprint density at radius 1 is 1.75 bits per heavy atom. The number of aliphatic hydroxyl groups is 1. The molecule has 6 nitrogen and oxygen atoms in total. The van der Waals surface area contributed by atoms with Crippen molar-refractivity contribution in [3.63, 3.8) is 0 Å². The van der Waals surface area contributed by atoms with E-state index in [4.69, 9.17) is 5.11 Å². The van der Waals surface area contributed by atoms with Crippen molar-refractivity contribution in [3.8, 4) is 0 Å². The summed E-state index contributed by atoms with van der Waals surface area (Å²) in [4.78, 5) is 11.4. The molecule has 1 amide bonds. The molecule has 88 valence electrons. The zero-order chi connectivity index (χ0) is 11.5. The second-order valence-corrected chi connectivity index (χ2v) is 4.27. The van der Waals surface area contributed by atoms with Crippen LogP contribution in [0.15, 0.2) is 6.20 Å². The highest BCUT2D eigenvalue weighted by Gasteiger charge is 2.26. The van der Waals surface area contributed by atoms with Gasteiger partial charge in [-0.2, -0.15) is 0 Å². The molecule has 0 saturated heterocycles. The first-order chi connectivity index (χ1) is 7.65. The number of rotatable bonds is 5. The molecule has 0 spiro atoms. The van der Waals surface area contributed by atoms with Gasteiger partial charge in [-0.1, -0.05) is 5.21 Å². The molecule has 16 heavy (non-hydrogen) atoms. The van der Waals surface area contributed by atoms with Gasteiger partial charge in [-0.3, -0.25) is 4.79 Å². The fourth-order valence-electron chi connectivity index (χ4n) is 1.42. The Labute approximate surface area is 93.6 Å². The molecular formula is C10H16N4O2. The molecule has 1 saturated carbocycles. The van der Waals surface area contributed by atoms with E-state index in [1.54, 1.807) is 6.92 Å². The lowest BCUT2D eigenvalue weighted by atomic mass is 10.3.